The molecule has 1 amide bonds. The molecule has 0 saturated carbocycles. The number of sulfonamides is 1. The molecule has 0 fully saturated rings. The van der Waals surface area contributed by atoms with E-state index in [0.29, 0.717) is 17.9 Å². The summed E-state index contributed by atoms with van der Waals surface area (Å²) in [6.07, 6.45) is 0.309. The van der Waals surface area contributed by atoms with Crippen molar-refractivity contribution in [2.24, 2.45) is 0 Å². The zero-order valence-electron chi connectivity index (χ0n) is 17.4. The second-order valence-electron chi connectivity index (χ2n) is 7.57. The summed E-state index contributed by atoms with van der Waals surface area (Å²) in [5.74, 6) is 0.309. The van der Waals surface area contributed by atoms with Gasteiger partial charge in [0.1, 0.15) is 11.8 Å². The second kappa shape index (κ2) is 8.53. The molecule has 0 bridgehead atoms. The molecule has 7 heteroatoms. The smallest absolute Gasteiger partial charge is 0.244 e. The van der Waals surface area contributed by atoms with Crippen LogP contribution in [-0.2, 0) is 27.8 Å². The van der Waals surface area contributed by atoms with Gasteiger partial charge in [0, 0.05) is 12.2 Å². The van der Waals surface area contributed by atoms with Crippen molar-refractivity contribution < 1.29 is 17.9 Å². The molecule has 1 heterocycles. The van der Waals surface area contributed by atoms with E-state index in [9.17, 15) is 13.2 Å². The molecule has 0 saturated heterocycles. The van der Waals surface area contributed by atoms with Crippen molar-refractivity contribution in [2.45, 2.75) is 30.8 Å². The van der Waals surface area contributed by atoms with E-state index in [1.807, 2.05) is 31.2 Å². The van der Waals surface area contributed by atoms with Gasteiger partial charge in [-0.2, -0.15) is 4.31 Å². The predicted octanol–water partition coefficient (Wildman–Crippen LogP) is 3.76. The highest BCUT2D eigenvalue weighted by atomic mass is 32.2. The van der Waals surface area contributed by atoms with Gasteiger partial charge in [-0.25, -0.2) is 8.42 Å². The van der Waals surface area contributed by atoms with Gasteiger partial charge in [0.05, 0.1) is 12.0 Å². The van der Waals surface area contributed by atoms with E-state index in [0.717, 1.165) is 16.7 Å². The molecule has 160 valence electrons. The minimum absolute atomic E-state index is 0.146. The van der Waals surface area contributed by atoms with Crippen LogP contribution in [-0.4, -0.2) is 31.8 Å². The summed E-state index contributed by atoms with van der Waals surface area (Å²) in [6.45, 7) is 2.05. The van der Waals surface area contributed by atoms with Gasteiger partial charge in [-0.15, -0.1) is 0 Å². The molecule has 1 unspecified atom stereocenters. The topological polar surface area (TPSA) is 75.7 Å². The molecule has 0 aliphatic carbocycles. The van der Waals surface area contributed by atoms with Gasteiger partial charge in [-0.05, 0) is 60.9 Å². The molecular weight excluding hydrogens is 412 g/mol. The molecule has 31 heavy (non-hydrogen) atoms. The molecule has 3 aromatic rings. The summed E-state index contributed by atoms with van der Waals surface area (Å²) in [7, 11) is -2.30. The zero-order chi connectivity index (χ0) is 22.0. The van der Waals surface area contributed by atoms with Crippen LogP contribution in [0.3, 0.4) is 0 Å². The number of hydrogen-bond acceptors (Lipinski definition) is 4. The third-order valence-electron chi connectivity index (χ3n) is 5.49. The van der Waals surface area contributed by atoms with E-state index in [4.69, 9.17) is 4.74 Å². The number of benzene rings is 3. The third kappa shape index (κ3) is 4.33. The van der Waals surface area contributed by atoms with Gasteiger partial charge >= 0.3 is 0 Å². The highest BCUT2D eigenvalue weighted by Crippen LogP contribution is 2.30. The first-order valence-corrected chi connectivity index (χ1v) is 11.4. The quantitative estimate of drug-likeness (QED) is 0.661. The molecule has 1 aliphatic rings. The highest BCUT2D eigenvalue weighted by molar-refractivity contribution is 7.89. The van der Waals surface area contributed by atoms with E-state index < -0.39 is 16.1 Å². The summed E-state index contributed by atoms with van der Waals surface area (Å²) in [6, 6.07) is 20.4. The first-order chi connectivity index (χ1) is 14.9. The standard InChI is InChI=1S/C24H24N2O4S/c1-17-7-13-22(14-8-17)31(28,29)26-16-19-6-4-3-5-18(19)15-23(26)24(27)25-20-9-11-21(30-2)12-10-20/h3-14,23H,15-16H2,1-2H3,(H,25,27). The Labute approximate surface area is 182 Å². The molecule has 6 nitrogen and oxygen atoms in total. The molecule has 1 N–H and O–H groups in total. The van der Waals surface area contributed by atoms with Crippen molar-refractivity contribution >= 4 is 21.6 Å². The van der Waals surface area contributed by atoms with Gasteiger partial charge in [0.15, 0.2) is 0 Å². The lowest BCUT2D eigenvalue weighted by Gasteiger charge is -2.35. The first kappa shape index (κ1) is 21.1. The molecule has 4 rings (SSSR count). The van der Waals surface area contributed by atoms with Crippen LogP contribution in [0.4, 0.5) is 5.69 Å². The van der Waals surface area contributed by atoms with Crippen LogP contribution in [0.1, 0.15) is 16.7 Å². The van der Waals surface area contributed by atoms with Crippen LogP contribution in [0.2, 0.25) is 0 Å². The second-order valence-corrected chi connectivity index (χ2v) is 9.46. The van der Waals surface area contributed by atoms with E-state index >= 15 is 0 Å². The van der Waals surface area contributed by atoms with Crippen LogP contribution >= 0.6 is 0 Å². The van der Waals surface area contributed by atoms with Crippen molar-refractivity contribution in [1.29, 1.82) is 0 Å². The average molecular weight is 437 g/mol. The normalized spacial score (nSPS) is 16.4. The molecular formula is C24H24N2O4S. The summed E-state index contributed by atoms with van der Waals surface area (Å²) in [4.78, 5) is 13.4. The predicted molar refractivity (Wildman–Crippen MR) is 119 cm³/mol. The van der Waals surface area contributed by atoms with E-state index in [1.54, 1.807) is 55.6 Å². The van der Waals surface area contributed by atoms with Crippen molar-refractivity contribution in [1.82, 2.24) is 4.31 Å². The molecule has 0 aromatic heterocycles. The Balaban J connectivity index is 1.68. The van der Waals surface area contributed by atoms with Crippen molar-refractivity contribution in [3.8, 4) is 5.75 Å². The Kier molecular flexibility index (Phi) is 5.80. The number of methoxy groups -OCH3 is 1. The van der Waals surface area contributed by atoms with Crippen LogP contribution in [0.5, 0.6) is 5.75 Å². The van der Waals surface area contributed by atoms with Gasteiger partial charge < -0.3 is 10.1 Å². The lowest BCUT2D eigenvalue weighted by atomic mass is 9.95. The van der Waals surface area contributed by atoms with Crippen LogP contribution in [0.15, 0.2) is 77.7 Å². The van der Waals surface area contributed by atoms with E-state index in [-0.39, 0.29) is 17.3 Å². The number of rotatable bonds is 5. The van der Waals surface area contributed by atoms with Crippen molar-refractivity contribution in [3.05, 3.63) is 89.5 Å². The van der Waals surface area contributed by atoms with E-state index in [2.05, 4.69) is 5.32 Å². The SMILES string of the molecule is COc1ccc(NC(=O)C2Cc3ccccc3CN2S(=O)(=O)c2ccc(C)cc2)cc1. The Morgan fingerprint density at radius 1 is 0.968 bits per heavy atom. The molecule has 0 radical (unpaired) electrons. The van der Waals surface area contributed by atoms with Crippen LogP contribution in [0.25, 0.3) is 0 Å². The average Bonchev–Trinajstić information content (AvgIpc) is 2.79. The number of fused-ring (bicyclic) bond motifs is 1. The molecule has 1 atom stereocenters. The fraction of sp³-hybridized carbons (Fsp3) is 0.208. The van der Waals surface area contributed by atoms with Crippen LogP contribution < -0.4 is 10.1 Å². The first-order valence-electron chi connectivity index (χ1n) is 9.99. The Bertz CT molecular complexity index is 1190. The highest BCUT2D eigenvalue weighted by Gasteiger charge is 2.39. The summed E-state index contributed by atoms with van der Waals surface area (Å²) in [5, 5.41) is 2.86. The fourth-order valence-electron chi connectivity index (χ4n) is 3.72. The van der Waals surface area contributed by atoms with Crippen LogP contribution in [0, 0.1) is 6.92 Å². The summed E-state index contributed by atoms with van der Waals surface area (Å²) in [5.41, 5.74) is 3.44. The fourth-order valence-corrected chi connectivity index (χ4v) is 5.29. The lowest BCUT2D eigenvalue weighted by molar-refractivity contribution is -0.120. The van der Waals surface area contributed by atoms with Crippen molar-refractivity contribution in [3.63, 3.8) is 0 Å². The monoisotopic (exact) mass is 436 g/mol. The zero-order valence-corrected chi connectivity index (χ0v) is 18.2. The number of carbonyl (C=O) groups excluding carboxylic acids is 1. The van der Waals surface area contributed by atoms with Gasteiger partial charge in [0.2, 0.25) is 15.9 Å². The maximum Gasteiger partial charge on any atom is 0.244 e. The maximum atomic E-state index is 13.5. The third-order valence-corrected chi connectivity index (χ3v) is 7.36. The largest absolute Gasteiger partial charge is 0.497 e. The minimum atomic E-state index is -3.87. The number of nitrogens with zero attached hydrogens (tertiary/aromatic N) is 1. The van der Waals surface area contributed by atoms with E-state index in [1.165, 1.54) is 4.31 Å². The van der Waals surface area contributed by atoms with Crippen molar-refractivity contribution in [2.75, 3.05) is 12.4 Å². The number of ether oxygens (including phenoxy) is 1. The molecule has 1 aliphatic heterocycles. The number of amides is 1. The summed E-state index contributed by atoms with van der Waals surface area (Å²) >= 11 is 0. The number of nitrogens with one attached hydrogen (secondary N) is 1. The van der Waals surface area contributed by atoms with Gasteiger partial charge in [0.25, 0.3) is 0 Å². The molecule has 0 spiro atoms. The number of aryl methyl sites for hydroxylation is 1. The Morgan fingerprint density at radius 2 is 1.61 bits per heavy atom. The Hall–Kier alpha value is -3.16. The minimum Gasteiger partial charge on any atom is -0.497 e. The number of hydrogen-bond donors (Lipinski definition) is 1. The number of carbonyl (C=O) groups is 1. The lowest BCUT2D eigenvalue weighted by Crippen LogP contribution is -2.50. The Morgan fingerprint density at radius 3 is 2.26 bits per heavy atom. The summed E-state index contributed by atoms with van der Waals surface area (Å²) < 4.78 is 33.4. The molecule has 3 aromatic carbocycles. The maximum absolute atomic E-state index is 13.5. The van der Waals surface area contributed by atoms with Gasteiger partial charge in [-0.3, -0.25) is 4.79 Å². The van der Waals surface area contributed by atoms with Gasteiger partial charge in [-0.1, -0.05) is 42.0 Å². The number of anilines is 1.